The van der Waals surface area contributed by atoms with Crippen LogP contribution in [0, 0.1) is 5.82 Å². The second kappa shape index (κ2) is 5.24. The Kier molecular flexibility index (Phi) is 3.88. The molecule has 1 aromatic rings. The van der Waals surface area contributed by atoms with E-state index < -0.39 is 0 Å². The number of nitrogens with zero attached hydrogens (tertiary/aromatic N) is 1. The van der Waals surface area contributed by atoms with Gasteiger partial charge in [-0.3, -0.25) is 4.79 Å². The molecular formula is C13H16ClFN2O. The monoisotopic (exact) mass is 270 g/mol. The first-order valence-electron chi connectivity index (χ1n) is 6.06. The SMILES string of the molecule is Cl.O=C1c2cc(F)ccc2CN1C1CCCNC1. The quantitative estimate of drug-likeness (QED) is 0.846. The van der Waals surface area contributed by atoms with Crippen molar-refractivity contribution in [2.75, 3.05) is 13.1 Å². The molecule has 98 valence electrons. The molecule has 5 heteroatoms. The summed E-state index contributed by atoms with van der Waals surface area (Å²) in [6.45, 7) is 2.50. The number of carbonyl (C=O) groups excluding carboxylic acids is 1. The van der Waals surface area contributed by atoms with Gasteiger partial charge >= 0.3 is 0 Å². The van der Waals surface area contributed by atoms with Gasteiger partial charge in [-0.05, 0) is 37.1 Å². The standard InChI is InChI=1S/C13H15FN2O.ClH/c14-10-4-3-9-8-16(13(17)12(9)6-10)11-2-1-5-15-7-11;/h3-4,6,11,15H,1-2,5,7-8H2;1H. The molecule has 0 saturated carbocycles. The fraction of sp³-hybridized carbons (Fsp3) is 0.462. The molecule has 2 aliphatic heterocycles. The first kappa shape index (κ1) is 13.3. The van der Waals surface area contributed by atoms with Crippen LogP contribution in [0.15, 0.2) is 18.2 Å². The zero-order chi connectivity index (χ0) is 11.8. The molecule has 1 aromatic carbocycles. The predicted octanol–water partition coefficient (Wildman–Crippen LogP) is 1.96. The highest BCUT2D eigenvalue weighted by molar-refractivity contribution is 5.98. The topological polar surface area (TPSA) is 32.3 Å². The van der Waals surface area contributed by atoms with E-state index in [1.54, 1.807) is 6.07 Å². The van der Waals surface area contributed by atoms with E-state index >= 15 is 0 Å². The van der Waals surface area contributed by atoms with Crippen LogP contribution in [0.3, 0.4) is 0 Å². The van der Waals surface area contributed by atoms with Crippen molar-refractivity contribution < 1.29 is 9.18 Å². The summed E-state index contributed by atoms with van der Waals surface area (Å²) in [4.78, 5) is 14.1. The van der Waals surface area contributed by atoms with Gasteiger partial charge in [0.15, 0.2) is 0 Å². The fourth-order valence-electron chi connectivity index (χ4n) is 2.69. The first-order chi connectivity index (χ1) is 8.25. The lowest BCUT2D eigenvalue weighted by Gasteiger charge is -2.31. The third-order valence-electron chi connectivity index (χ3n) is 3.62. The summed E-state index contributed by atoms with van der Waals surface area (Å²) in [5.41, 5.74) is 1.48. The van der Waals surface area contributed by atoms with E-state index in [1.807, 2.05) is 4.90 Å². The number of fused-ring (bicyclic) bond motifs is 1. The van der Waals surface area contributed by atoms with Crippen molar-refractivity contribution >= 4 is 18.3 Å². The molecule has 1 unspecified atom stereocenters. The summed E-state index contributed by atoms with van der Waals surface area (Å²) < 4.78 is 13.1. The second-order valence-corrected chi connectivity index (χ2v) is 4.73. The summed E-state index contributed by atoms with van der Waals surface area (Å²) in [6, 6.07) is 4.76. The van der Waals surface area contributed by atoms with E-state index in [1.165, 1.54) is 12.1 Å². The molecule has 0 spiro atoms. The van der Waals surface area contributed by atoms with Gasteiger partial charge in [-0.1, -0.05) is 6.07 Å². The van der Waals surface area contributed by atoms with E-state index in [4.69, 9.17) is 0 Å². The first-order valence-corrected chi connectivity index (χ1v) is 6.06. The normalized spacial score (nSPS) is 22.6. The zero-order valence-corrected chi connectivity index (χ0v) is 10.8. The van der Waals surface area contributed by atoms with Gasteiger partial charge in [0, 0.05) is 24.7 Å². The van der Waals surface area contributed by atoms with Crippen LogP contribution in [0.1, 0.15) is 28.8 Å². The van der Waals surface area contributed by atoms with Crippen molar-refractivity contribution in [3.05, 3.63) is 35.1 Å². The number of hydrogen-bond acceptors (Lipinski definition) is 2. The molecule has 3 rings (SSSR count). The van der Waals surface area contributed by atoms with Crippen molar-refractivity contribution in [3.8, 4) is 0 Å². The van der Waals surface area contributed by atoms with E-state index in [0.29, 0.717) is 12.1 Å². The number of benzene rings is 1. The Morgan fingerprint density at radius 1 is 1.39 bits per heavy atom. The predicted molar refractivity (Wildman–Crippen MR) is 69.4 cm³/mol. The molecule has 1 N–H and O–H groups in total. The molecule has 1 atom stereocenters. The highest BCUT2D eigenvalue weighted by atomic mass is 35.5. The van der Waals surface area contributed by atoms with E-state index in [2.05, 4.69) is 5.32 Å². The highest BCUT2D eigenvalue weighted by Gasteiger charge is 2.33. The Morgan fingerprint density at radius 2 is 2.22 bits per heavy atom. The minimum atomic E-state index is -0.333. The smallest absolute Gasteiger partial charge is 0.254 e. The maximum Gasteiger partial charge on any atom is 0.254 e. The largest absolute Gasteiger partial charge is 0.330 e. The Labute approximate surface area is 112 Å². The summed E-state index contributed by atoms with van der Waals surface area (Å²) in [6.07, 6.45) is 2.13. The third-order valence-corrected chi connectivity index (χ3v) is 3.62. The van der Waals surface area contributed by atoms with Crippen LogP contribution in [0.2, 0.25) is 0 Å². The van der Waals surface area contributed by atoms with Crippen molar-refractivity contribution in [3.63, 3.8) is 0 Å². The zero-order valence-electron chi connectivity index (χ0n) is 9.99. The van der Waals surface area contributed by atoms with E-state index in [-0.39, 0.29) is 30.2 Å². The van der Waals surface area contributed by atoms with Crippen LogP contribution in [0.4, 0.5) is 4.39 Å². The Bertz CT molecular complexity index is 460. The van der Waals surface area contributed by atoms with Gasteiger partial charge < -0.3 is 10.2 Å². The molecule has 3 nitrogen and oxygen atoms in total. The molecule has 1 fully saturated rings. The molecule has 0 radical (unpaired) electrons. The second-order valence-electron chi connectivity index (χ2n) is 4.73. The van der Waals surface area contributed by atoms with Gasteiger partial charge in [0.05, 0.1) is 0 Å². The lowest BCUT2D eigenvalue weighted by molar-refractivity contribution is 0.0674. The number of hydrogen-bond donors (Lipinski definition) is 1. The van der Waals surface area contributed by atoms with Gasteiger partial charge in [0.25, 0.3) is 5.91 Å². The van der Waals surface area contributed by atoms with Crippen molar-refractivity contribution in [1.82, 2.24) is 10.2 Å². The summed E-state index contributed by atoms with van der Waals surface area (Å²) >= 11 is 0. The average molecular weight is 271 g/mol. The lowest BCUT2D eigenvalue weighted by atomic mass is 10.1. The van der Waals surface area contributed by atoms with Crippen molar-refractivity contribution in [2.24, 2.45) is 0 Å². The van der Waals surface area contributed by atoms with Crippen LogP contribution in [-0.4, -0.2) is 29.9 Å². The molecule has 2 heterocycles. The van der Waals surface area contributed by atoms with E-state index in [0.717, 1.165) is 31.5 Å². The lowest BCUT2D eigenvalue weighted by Crippen LogP contribution is -2.46. The number of halogens is 2. The van der Waals surface area contributed by atoms with Crippen LogP contribution in [0.25, 0.3) is 0 Å². The Balaban J connectivity index is 0.00000120. The number of rotatable bonds is 1. The maximum atomic E-state index is 13.1. The molecule has 18 heavy (non-hydrogen) atoms. The molecule has 0 bridgehead atoms. The fourth-order valence-corrected chi connectivity index (χ4v) is 2.69. The van der Waals surface area contributed by atoms with E-state index in [9.17, 15) is 9.18 Å². The Morgan fingerprint density at radius 3 is 2.94 bits per heavy atom. The minimum absolute atomic E-state index is 0. The molecule has 0 aromatic heterocycles. The number of amides is 1. The summed E-state index contributed by atoms with van der Waals surface area (Å²) in [5.74, 6) is -0.353. The van der Waals surface area contributed by atoms with Crippen molar-refractivity contribution in [2.45, 2.75) is 25.4 Å². The van der Waals surface area contributed by atoms with Gasteiger partial charge in [0.1, 0.15) is 5.82 Å². The van der Waals surface area contributed by atoms with Gasteiger partial charge in [-0.2, -0.15) is 0 Å². The highest BCUT2D eigenvalue weighted by Crippen LogP contribution is 2.27. The van der Waals surface area contributed by atoms with Crippen LogP contribution >= 0.6 is 12.4 Å². The minimum Gasteiger partial charge on any atom is -0.330 e. The number of nitrogens with one attached hydrogen (secondary N) is 1. The number of piperidine rings is 1. The average Bonchev–Trinajstić information content (AvgIpc) is 2.68. The van der Waals surface area contributed by atoms with Gasteiger partial charge in [0.2, 0.25) is 0 Å². The van der Waals surface area contributed by atoms with Crippen LogP contribution in [-0.2, 0) is 6.54 Å². The maximum absolute atomic E-state index is 13.1. The Hall–Kier alpha value is -1.13. The molecular weight excluding hydrogens is 255 g/mol. The van der Waals surface area contributed by atoms with Gasteiger partial charge in [-0.25, -0.2) is 4.39 Å². The molecule has 0 aliphatic carbocycles. The molecule has 1 amide bonds. The third kappa shape index (κ3) is 2.22. The van der Waals surface area contributed by atoms with Crippen LogP contribution in [0.5, 0.6) is 0 Å². The van der Waals surface area contributed by atoms with Gasteiger partial charge in [-0.15, -0.1) is 12.4 Å². The summed E-state index contributed by atoms with van der Waals surface area (Å²) in [7, 11) is 0. The molecule has 2 aliphatic rings. The number of carbonyl (C=O) groups is 1. The summed E-state index contributed by atoms with van der Waals surface area (Å²) in [5, 5.41) is 3.30. The van der Waals surface area contributed by atoms with Crippen LogP contribution < -0.4 is 5.32 Å². The molecule has 1 saturated heterocycles. The van der Waals surface area contributed by atoms with Crippen molar-refractivity contribution in [1.29, 1.82) is 0 Å².